The highest BCUT2D eigenvalue weighted by Crippen LogP contribution is 2.19. The molecule has 9 heteroatoms. The van der Waals surface area contributed by atoms with Crippen LogP contribution >= 0.6 is 0 Å². The molecular formula is C30H53NO8. The van der Waals surface area contributed by atoms with Crippen LogP contribution < -0.4 is 10.5 Å². The number of para-hydroxylation sites is 2. The second-order valence-electron chi connectivity index (χ2n) is 9.25. The second-order valence-corrected chi connectivity index (χ2v) is 9.25. The Bertz CT molecular complexity index is 676. The van der Waals surface area contributed by atoms with E-state index in [1.54, 1.807) is 6.07 Å². The highest BCUT2D eigenvalue weighted by atomic mass is 16.6. The summed E-state index contributed by atoms with van der Waals surface area (Å²) >= 11 is 0. The number of hydrogen-bond donors (Lipinski definition) is 1. The molecular weight excluding hydrogens is 502 g/mol. The highest BCUT2D eigenvalue weighted by Gasteiger charge is 2.03. The number of benzene rings is 1. The van der Waals surface area contributed by atoms with Gasteiger partial charge in [-0.25, -0.2) is 0 Å². The largest absolute Gasteiger partial charge is 0.489 e. The average molecular weight is 556 g/mol. The smallest absolute Gasteiger partial charge is 0.305 e. The molecule has 226 valence electrons. The topological polar surface area (TPSA) is 108 Å². The van der Waals surface area contributed by atoms with Crippen molar-refractivity contribution in [1.29, 1.82) is 0 Å². The summed E-state index contributed by atoms with van der Waals surface area (Å²) in [6.07, 6.45) is 11.6. The molecule has 0 atom stereocenters. The van der Waals surface area contributed by atoms with Gasteiger partial charge in [-0.3, -0.25) is 4.79 Å². The molecule has 0 aromatic heterocycles. The molecule has 9 nitrogen and oxygen atoms in total. The van der Waals surface area contributed by atoms with Crippen molar-refractivity contribution < 1.29 is 38.0 Å². The van der Waals surface area contributed by atoms with Crippen molar-refractivity contribution in [3.8, 4) is 5.75 Å². The molecule has 0 radical (unpaired) electrons. The van der Waals surface area contributed by atoms with E-state index in [9.17, 15) is 4.79 Å². The number of hydrogen-bond acceptors (Lipinski definition) is 9. The van der Waals surface area contributed by atoms with E-state index >= 15 is 0 Å². The molecule has 0 spiro atoms. The van der Waals surface area contributed by atoms with Crippen LogP contribution in [0, 0.1) is 0 Å². The Morgan fingerprint density at radius 1 is 0.590 bits per heavy atom. The predicted octanol–water partition coefficient (Wildman–Crippen LogP) is 5.19. The third-order valence-electron chi connectivity index (χ3n) is 5.87. The summed E-state index contributed by atoms with van der Waals surface area (Å²) in [5.41, 5.74) is 6.43. The lowest BCUT2D eigenvalue weighted by atomic mass is 10.1. The summed E-state index contributed by atoms with van der Waals surface area (Å²) in [6, 6.07) is 7.38. The van der Waals surface area contributed by atoms with Gasteiger partial charge in [-0.05, 0) is 18.6 Å². The fourth-order valence-corrected chi connectivity index (χ4v) is 3.67. The molecule has 2 N–H and O–H groups in total. The summed E-state index contributed by atoms with van der Waals surface area (Å²) in [4.78, 5) is 11.7. The van der Waals surface area contributed by atoms with Gasteiger partial charge >= 0.3 is 5.97 Å². The zero-order valence-corrected chi connectivity index (χ0v) is 24.2. The zero-order valence-electron chi connectivity index (χ0n) is 24.2. The maximum atomic E-state index is 11.7. The van der Waals surface area contributed by atoms with Gasteiger partial charge in [-0.2, -0.15) is 0 Å². The quantitative estimate of drug-likeness (QED) is 0.0811. The van der Waals surface area contributed by atoms with E-state index in [4.69, 9.17) is 38.9 Å². The normalized spacial score (nSPS) is 11.1. The molecule has 1 rings (SSSR count). The number of carbonyl (C=O) groups is 1. The fourth-order valence-electron chi connectivity index (χ4n) is 3.67. The maximum absolute atomic E-state index is 11.7. The van der Waals surface area contributed by atoms with Crippen molar-refractivity contribution in [3.63, 3.8) is 0 Å². The number of ether oxygens (including phenoxy) is 7. The third-order valence-corrected chi connectivity index (χ3v) is 5.87. The van der Waals surface area contributed by atoms with E-state index in [-0.39, 0.29) is 5.97 Å². The van der Waals surface area contributed by atoms with Crippen molar-refractivity contribution in [2.75, 3.05) is 85.0 Å². The Morgan fingerprint density at radius 3 is 1.54 bits per heavy atom. The fraction of sp³-hybridized carbons (Fsp3) is 0.767. The molecule has 1 aromatic rings. The van der Waals surface area contributed by atoms with Crippen molar-refractivity contribution in [2.45, 2.75) is 71.1 Å². The van der Waals surface area contributed by atoms with Crippen LogP contribution in [0.25, 0.3) is 0 Å². The molecule has 0 aliphatic carbocycles. The molecule has 0 aliphatic rings. The monoisotopic (exact) mass is 555 g/mol. The van der Waals surface area contributed by atoms with E-state index in [1.807, 2.05) is 18.2 Å². The summed E-state index contributed by atoms with van der Waals surface area (Å²) in [6.45, 7) is 7.75. The number of nitrogen functional groups attached to an aromatic ring is 1. The molecule has 0 amide bonds. The van der Waals surface area contributed by atoms with E-state index in [0.29, 0.717) is 97.1 Å². The van der Waals surface area contributed by atoms with Crippen LogP contribution in [0.2, 0.25) is 0 Å². The minimum atomic E-state index is -0.133. The molecule has 0 bridgehead atoms. The Morgan fingerprint density at radius 2 is 1.03 bits per heavy atom. The standard InChI is InChI=1S/C30H53NO8/c1-2-3-4-5-6-7-8-9-10-15-30(32)39-27-25-37-23-21-35-19-17-33-16-18-34-20-22-36-24-26-38-29-14-12-11-13-28(29)31/h11-14H,2-10,15-27,31H2,1H3. The molecule has 0 saturated heterocycles. The molecule has 0 fully saturated rings. The zero-order chi connectivity index (χ0) is 28.1. The Labute approximate surface area is 235 Å². The molecule has 0 heterocycles. The van der Waals surface area contributed by atoms with Crippen molar-refractivity contribution in [1.82, 2.24) is 0 Å². The summed E-state index contributed by atoms with van der Waals surface area (Å²) < 4.78 is 38.0. The van der Waals surface area contributed by atoms with Gasteiger partial charge in [-0.1, -0.05) is 70.4 Å². The number of rotatable bonds is 29. The number of nitrogens with two attached hydrogens (primary N) is 1. The van der Waals surface area contributed by atoms with Gasteiger partial charge < -0.3 is 38.9 Å². The lowest BCUT2D eigenvalue weighted by molar-refractivity contribution is -0.145. The Hall–Kier alpha value is -1.91. The first-order valence-electron chi connectivity index (χ1n) is 14.8. The minimum Gasteiger partial charge on any atom is -0.489 e. The van der Waals surface area contributed by atoms with Crippen molar-refractivity contribution in [2.24, 2.45) is 0 Å². The molecule has 1 aromatic carbocycles. The number of unbranched alkanes of at least 4 members (excludes halogenated alkanes) is 8. The summed E-state index contributed by atoms with van der Waals surface area (Å²) in [5, 5.41) is 0. The van der Waals surface area contributed by atoms with Crippen LogP contribution in [0.3, 0.4) is 0 Å². The molecule has 0 aliphatic heterocycles. The van der Waals surface area contributed by atoms with E-state index < -0.39 is 0 Å². The van der Waals surface area contributed by atoms with Gasteiger partial charge in [0.2, 0.25) is 0 Å². The summed E-state index contributed by atoms with van der Waals surface area (Å²) in [5.74, 6) is 0.536. The lowest BCUT2D eigenvalue weighted by Gasteiger charge is -2.09. The number of esters is 1. The predicted molar refractivity (Wildman–Crippen MR) is 153 cm³/mol. The first kappa shape index (κ1) is 35.1. The van der Waals surface area contributed by atoms with Crippen LogP contribution in [-0.2, 0) is 33.2 Å². The van der Waals surface area contributed by atoms with Gasteiger partial charge in [0.15, 0.2) is 0 Å². The van der Waals surface area contributed by atoms with Crippen molar-refractivity contribution >= 4 is 11.7 Å². The third kappa shape index (κ3) is 23.7. The average Bonchev–Trinajstić information content (AvgIpc) is 2.94. The van der Waals surface area contributed by atoms with Gasteiger partial charge in [0.1, 0.15) is 19.0 Å². The van der Waals surface area contributed by atoms with Gasteiger partial charge in [0.25, 0.3) is 0 Å². The maximum Gasteiger partial charge on any atom is 0.305 e. The Kier molecular flexibility index (Phi) is 24.9. The summed E-state index contributed by atoms with van der Waals surface area (Å²) in [7, 11) is 0. The van der Waals surface area contributed by atoms with Crippen LogP contribution in [0.1, 0.15) is 71.1 Å². The molecule has 0 saturated carbocycles. The number of carbonyl (C=O) groups excluding carboxylic acids is 1. The van der Waals surface area contributed by atoms with Crippen LogP contribution in [0.15, 0.2) is 24.3 Å². The first-order valence-corrected chi connectivity index (χ1v) is 14.8. The van der Waals surface area contributed by atoms with Gasteiger partial charge in [-0.15, -0.1) is 0 Å². The SMILES string of the molecule is CCCCCCCCCCCC(=O)OCCOCCOCCOCCOCCOCCOc1ccccc1N. The van der Waals surface area contributed by atoms with Crippen molar-refractivity contribution in [3.05, 3.63) is 24.3 Å². The molecule has 39 heavy (non-hydrogen) atoms. The number of anilines is 1. The van der Waals surface area contributed by atoms with Gasteiger partial charge in [0, 0.05) is 6.42 Å². The highest BCUT2D eigenvalue weighted by molar-refractivity contribution is 5.69. The second kappa shape index (κ2) is 27.6. The van der Waals surface area contributed by atoms with E-state index in [1.165, 1.54) is 44.9 Å². The lowest BCUT2D eigenvalue weighted by Crippen LogP contribution is -2.15. The Balaban J connectivity index is 1.70. The van der Waals surface area contributed by atoms with E-state index in [2.05, 4.69) is 6.92 Å². The van der Waals surface area contributed by atoms with Crippen LogP contribution in [0.4, 0.5) is 5.69 Å². The van der Waals surface area contributed by atoms with Gasteiger partial charge in [0.05, 0.1) is 71.8 Å². The van der Waals surface area contributed by atoms with E-state index in [0.717, 1.165) is 12.8 Å². The first-order chi connectivity index (χ1) is 19.2. The minimum absolute atomic E-state index is 0.133. The van der Waals surface area contributed by atoms with Crippen LogP contribution in [-0.4, -0.2) is 85.3 Å². The van der Waals surface area contributed by atoms with Crippen LogP contribution in [0.5, 0.6) is 5.75 Å². The molecule has 0 unspecified atom stereocenters.